The van der Waals surface area contributed by atoms with Crippen molar-refractivity contribution in [3.8, 4) is 0 Å². The number of likely N-dealkylation sites (tertiary alicyclic amines) is 1. The molecular weight excluding hydrogens is 354 g/mol. The minimum atomic E-state index is -0.523. The van der Waals surface area contributed by atoms with Gasteiger partial charge >= 0.3 is 0 Å². The van der Waals surface area contributed by atoms with E-state index in [-0.39, 0.29) is 30.1 Å². The van der Waals surface area contributed by atoms with Crippen LogP contribution >= 0.6 is 12.4 Å². The highest BCUT2D eigenvalue weighted by Crippen LogP contribution is 2.33. The number of carbonyl (C=O) groups is 3. The number of amides is 3. The summed E-state index contributed by atoms with van der Waals surface area (Å²) in [6, 6.07) is 5.60. The van der Waals surface area contributed by atoms with Gasteiger partial charge in [-0.3, -0.25) is 19.3 Å². The van der Waals surface area contributed by atoms with Crippen LogP contribution < -0.4 is 5.32 Å². The number of nitrogens with one attached hydrogen (secondary N) is 1. The molecule has 3 aliphatic rings. The van der Waals surface area contributed by atoms with Crippen molar-refractivity contribution < 1.29 is 14.4 Å². The van der Waals surface area contributed by atoms with Crippen molar-refractivity contribution in [2.45, 2.75) is 44.2 Å². The van der Waals surface area contributed by atoms with Gasteiger partial charge in [0, 0.05) is 25.6 Å². The van der Waals surface area contributed by atoms with E-state index >= 15 is 0 Å². The van der Waals surface area contributed by atoms with E-state index in [0.29, 0.717) is 30.9 Å². The fourth-order valence-electron chi connectivity index (χ4n) is 4.21. The van der Waals surface area contributed by atoms with E-state index < -0.39 is 6.04 Å². The molecule has 1 atom stereocenters. The third-order valence-electron chi connectivity index (χ3n) is 5.77. The molecular formula is C19H24ClN3O3. The molecule has 4 rings (SSSR count). The van der Waals surface area contributed by atoms with Gasteiger partial charge in [0.1, 0.15) is 6.04 Å². The number of fused-ring (bicyclic) bond motifs is 1. The van der Waals surface area contributed by atoms with Gasteiger partial charge in [0.05, 0.1) is 0 Å². The van der Waals surface area contributed by atoms with E-state index in [4.69, 9.17) is 0 Å². The van der Waals surface area contributed by atoms with Crippen LogP contribution in [0.5, 0.6) is 0 Å². The van der Waals surface area contributed by atoms with Gasteiger partial charge in [-0.1, -0.05) is 12.1 Å². The molecule has 0 bridgehead atoms. The third-order valence-corrected chi connectivity index (χ3v) is 5.77. The molecule has 0 radical (unpaired) electrons. The Morgan fingerprint density at radius 1 is 1.08 bits per heavy atom. The largest absolute Gasteiger partial charge is 0.322 e. The van der Waals surface area contributed by atoms with Crippen molar-refractivity contribution >= 4 is 30.1 Å². The molecule has 1 N–H and O–H groups in total. The lowest BCUT2D eigenvalue weighted by Gasteiger charge is -2.33. The van der Waals surface area contributed by atoms with Crippen molar-refractivity contribution in [3.63, 3.8) is 0 Å². The number of likely N-dealkylation sites (N-methyl/N-ethyl adjacent to an activating group) is 1. The van der Waals surface area contributed by atoms with Crippen molar-refractivity contribution in [1.82, 2.24) is 15.1 Å². The Labute approximate surface area is 159 Å². The molecule has 0 saturated carbocycles. The third kappa shape index (κ3) is 3.12. The quantitative estimate of drug-likeness (QED) is 0.796. The van der Waals surface area contributed by atoms with Gasteiger partial charge in [0.2, 0.25) is 5.91 Å². The zero-order valence-electron chi connectivity index (χ0n) is 14.9. The van der Waals surface area contributed by atoms with E-state index in [1.54, 1.807) is 4.90 Å². The predicted molar refractivity (Wildman–Crippen MR) is 99.2 cm³/mol. The minimum absolute atomic E-state index is 0. The Hall–Kier alpha value is -1.92. The zero-order chi connectivity index (χ0) is 17.6. The van der Waals surface area contributed by atoms with Crippen LogP contribution in [0.3, 0.4) is 0 Å². The van der Waals surface area contributed by atoms with Crippen LogP contribution in [0.1, 0.15) is 53.1 Å². The van der Waals surface area contributed by atoms with Crippen LogP contribution in [0.25, 0.3) is 0 Å². The molecule has 7 heteroatoms. The lowest BCUT2D eigenvalue weighted by Crippen LogP contribution is -2.53. The summed E-state index contributed by atoms with van der Waals surface area (Å²) in [7, 11) is 1.50. The summed E-state index contributed by atoms with van der Waals surface area (Å²) in [4.78, 5) is 39.7. The highest BCUT2D eigenvalue weighted by Gasteiger charge is 2.41. The fraction of sp³-hybridized carbons (Fsp3) is 0.526. The Bertz CT molecular complexity index is 746. The lowest BCUT2D eigenvalue weighted by molar-refractivity contribution is -0.150. The number of nitrogens with zero attached hydrogens (tertiary/aromatic N) is 2. The summed E-state index contributed by atoms with van der Waals surface area (Å²) in [5.74, 6) is 0.0123. The van der Waals surface area contributed by atoms with Gasteiger partial charge in [-0.2, -0.15) is 0 Å². The summed E-state index contributed by atoms with van der Waals surface area (Å²) < 4.78 is 0. The van der Waals surface area contributed by atoms with Crippen LogP contribution in [0, 0.1) is 0 Å². The molecule has 1 aromatic carbocycles. The van der Waals surface area contributed by atoms with Gasteiger partial charge in [-0.05, 0) is 55.5 Å². The van der Waals surface area contributed by atoms with Gasteiger partial charge < -0.3 is 10.2 Å². The smallest absolute Gasteiger partial charge is 0.255 e. The van der Waals surface area contributed by atoms with E-state index in [0.717, 1.165) is 36.4 Å². The maximum absolute atomic E-state index is 12.8. The fourth-order valence-corrected chi connectivity index (χ4v) is 4.21. The van der Waals surface area contributed by atoms with Crippen LogP contribution in [0.2, 0.25) is 0 Å². The predicted octanol–water partition coefficient (Wildman–Crippen LogP) is 1.68. The summed E-state index contributed by atoms with van der Waals surface area (Å²) in [6.07, 6.45) is 2.96. The molecule has 1 unspecified atom stereocenters. The van der Waals surface area contributed by atoms with E-state index in [2.05, 4.69) is 17.4 Å². The Balaban J connectivity index is 0.00000196. The molecule has 3 amide bonds. The van der Waals surface area contributed by atoms with Gasteiger partial charge in [0.25, 0.3) is 11.8 Å². The van der Waals surface area contributed by atoms with Crippen LogP contribution in [0.15, 0.2) is 18.2 Å². The molecule has 2 saturated heterocycles. The van der Waals surface area contributed by atoms with Crippen LogP contribution in [0.4, 0.5) is 0 Å². The average molecular weight is 378 g/mol. The molecule has 0 aromatic heterocycles. The molecule has 1 aromatic rings. The topological polar surface area (TPSA) is 69.7 Å². The second kappa shape index (κ2) is 7.37. The first-order chi connectivity index (χ1) is 12.1. The van der Waals surface area contributed by atoms with E-state index in [1.165, 1.54) is 12.6 Å². The van der Waals surface area contributed by atoms with Crippen molar-refractivity contribution in [1.29, 1.82) is 0 Å². The average Bonchev–Trinajstić information content (AvgIpc) is 2.96. The van der Waals surface area contributed by atoms with Crippen molar-refractivity contribution in [3.05, 3.63) is 34.9 Å². The molecule has 3 heterocycles. The van der Waals surface area contributed by atoms with Gasteiger partial charge in [-0.25, -0.2) is 0 Å². The highest BCUT2D eigenvalue weighted by molar-refractivity contribution is 6.05. The van der Waals surface area contributed by atoms with Crippen molar-refractivity contribution in [2.24, 2.45) is 0 Å². The molecule has 6 nitrogen and oxygen atoms in total. The first-order valence-corrected chi connectivity index (χ1v) is 9.01. The van der Waals surface area contributed by atoms with Crippen molar-refractivity contribution in [2.75, 3.05) is 20.1 Å². The van der Waals surface area contributed by atoms with E-state index in [1.807, 2.05) is 6.07 Å². The number of piperidine rings is 2. The number of benzene rings is 1. The SMILES string of the molecule is CN1C(=O)CCC(N2Cc3cc(C4CCNCC4)ccc3C2=O)C1=O.Cl. The summed E-state index contributed by atoms with van der Waals surface area (Å²) >= 11 is 0. The number of carbonyl (C=O) groups excluding carboxylic acids is 3. The standard InChI is InChI=1S/C19H23N3O3.ClH/c1-21-17(23)5-4-16(19(21)25)22-11-14-10-13(2-3-15(14)18(22)24)12-6-8-20-9-7-12;/h2-3,10,12,16,20H,4-9,11H2,1H3;1H. The van der Waals surface area contributed by atoms with E-state index in [9.17, 15) is 14.4 Å². The van der Waals surface area contributed by atoms with Crippen LogP contribution in [-0.4, -0.2) is 53.7 Å². The second-order valence-corrected chi connectivity index (χ2v) is 7.22. The molecule has 0 aliphatic carbocycles. The normalized spacial score (nSPS) is 23.9. The number of halogens is 1. The van der Waals surface area contributed by atoms with Crippen LogP contribution in [-0.2, 0) is 16.1 Å². The highest BCUT2D eigenvalue weighted by atomic mass is 35.5. The Kier molecular flexibility index (Phi) is 5.34. The zero-order valence-corrected chi connectivity index (χ0v) is 15.7. The maximum Gasteiger partial charge on any atom is 0.255 e. The Morgan fingerprint density at radius 3 is 2.54 bits per heavy atom. The Morgan fingerprint density at radius 2 is 1.81 bits per heavy atom. The van der Waals surface area contributed by atoms with Gasteiger partial charge in [-0.15, -0.1) is 12.4 Å². The molecule has 140 valence electrons. The number of hydrogen-bond donors (Lipinski definition) is 1. The number of hydrogen-bond acceptors (Lipinski definition) is 4. The summed E-state index contributed by atoms with van der Waals surface area (Å²) in [5, 5.41) is 3.37. The summed E-state index contributed by atoms with van der Waals surface area (Å²) in [5.41, 5.74) is 3.00. The monoisotopic (exact) mass is 377 g/mol. The lowest BCUT2D eigenvalue weighted by atomic mass is 9.88. The first-order valence-electron chi connectivity index (χ1n) is 9.01. The molecule has 2 fully saturated rings. The minimum Gasteiger partial charge on any atom is -0.322 e. The number of rotatable bonds is 2. The molecule has 3 aliphatic heterocycles. The first kappa shape index (κ1) is 18.9. The number of imide groups is 1. The molecule has 26 heavy (non-hydrogen) atoms. The van der Waals surface area contributed by atoms with Gasteiger partial charge in [0.15, 0.2) is 0 Å². The maximum atomic E-state index is 12.8. The second-order valence-electron chi connectivity index (χ2n) is 7.22. The molecule has 0 spiro atoms. The summed E-state index contributed by atoms with van der Waals surface area (Å²) in [6.45, 7) is 2.53.